The zero-order chi connectivity index (χ0) is 24.6. The van der Waals surface area contributed by atoms with Crippen molar-refractivity contribution in [3.63, 3.8) is 0 Å². The number of ether oxygens (including phenoxy) is 1. The molecule has 0 fully saturated rings. The average molecular weight is 478 g/mol. The minimum absolute atomic E-state index is 0.290. The van der Waals surface area contributed by atoms with E-state index in [4.69, 9.17) is 4.74 Å². The van der Waals surface area contributed by atoms with Gasteiger partial charge in [-0.3, -0.25) is 14.7 Å². The molecule has 1 N–H and O–H groups in total. The van der Waals surface area contributed by atoms with Gasteiger partial charge in [0.05, 0.1) is 0 Å². The number of hydrogen-bond acceptors (Lipinski definition) is 5. The Balaban J connectivity index is 1.68. The summed E-state index contributed by atoms with van der Waals surface area (Å²) < 4.78 is 5.49. The van der Waals surface area contributed by atoms with Crippen molar-refractivity contribution in [3.8, 4) is 0 Å². The maximum atomic E-state index is 13.2. The molecule has 34 heavy (non-hydrogen) atoms. The minimum atomic E-state index is -0.758. The number of likely N-dealkylation sites (N-methyl/N-ethyl adjacent to an activating group) is 1. The highest BCUT2D eigenvalue weighted by molar-refractivity contribution is 7.98. The molecule has 0 unspecified atom stereocenters. The lowest BCUT2D eigenvalue weighted by molar-refractivity contribution is -0.120. The van der Waals surface area contributed by atoms with E-state index in [-0.39, 0.29) is 5.91 Å². The van der Waals surface area contributed by atoms with Crippen LogP contribution in [-0.2, 0) is 21.7 Å². The second-order valence-electron chi connectivity index (χ2n) is 8.96. The molecule has 6 nitrogen and oxygen atoms in total. The second-order valence-corrected chi connectivity index (χ2v) is 10.0. The normalized spacial score (nSPS) is 12.0. The fraction of sp³-hybridized carbons (Fsp3) is 0.296. The molecule has 0 spiro atoms. The Labute approximate surface area is 205 Å². The van der Waals surface area contributed by atoms with Gasteiger partial charge in [-0.2, -0.15) is 0 Å². The van der Waals surface area contributed by atoms with E-state index < -0.39 is 17.7 Å². The van der Waals surface area contributed by atoms with Gasteiger partial charge in [0.25, 0.3) is 0 Å². The summed E-state index contributed by atoms with van der Waals surface area (Å²) in [6.45, 7) is 5.39. The first-order valence-electron chi connectivity index (χ1n) is 11.1. The van der Waals surface area contributed by atoms with Crippen molar-refractivity contribution in [1.82, 2.24) is 9.88 Å². The van der Waals surface area contributed by atoms with Crippen molar-refractivity contribution in [1.29, 1.82) is 0 Å². The molecule has 0 aliphatic rings. The fourth-order valence-corrected chi connectivity index (χ4v) is 4.06. The summed E-state index contributed by atoms with van der Waals surface area (Å²) in [5.41, 5.74) is 2.12. The summed E-state index contributed by atoms with van der Waals surface area (Å²) in [5, 5.41) is 2.94. The van der Waals surface area contributed by atoms with Crippen LogP contribution < -0.4 is 5.32 Å². The molecule has 3 aromatic rings. The fourth-order valence-electron chi connectivity index (χ4n) is 3.21. The van der Waals surface area contributed by atoms with Crippen molar-refractivity contribution in [3.05, 3.63) is 90.3 Å². The number of carbonyl (C=O) groups is 2. The lowest BCUT2D eigenvalue weighted by Crippen LogP contribution is -2.48. The Morgan fingerprint density at radius 3 is 2.29 bits per heavy atom. The van der Waals surface area contributed by atoms with E-state index >= 15 is 0 Å². The van der Waals surface area contributed by atoms with Crippen molar-refractivity contribution in [2.75, 3.05) is 12.4 Å². The molecule has 0 saturated heterocycles. The van der Waals surface area contributed by atoms with Crippen LogP contribution in [0.25, 0.3) is 0 Å². The first kappa shape index (κ1) is 25.3. The summed E-state index contributed by atoms with van der Waals surface area (Å²) in [6, 6.07) is 20.9. The average Bonchev–Trinajstić information content (AvgIpc) is 2.82. The highest BCUT2D eigenvalue weighted by atomic mass is 32.2. The Morgan fingerprint density at radius 1 is 1.00 bits per heavy atom. The number of aromatic nitrogens is 1. The Morgan fingerprint density at radius 2 is 1.68 bits per heavy atom. The Hall–Kier alpha value is -3.32. The first-order valence-corrected chi connectivity index (χ1v) is 12.1. The van der Waals surface area contributed by atoms with Crippen LogP contribution in [0.15, 0.2) is 84.0 Å². The molecule has 1 aromatic heterocycles. The van der Waals surface area contributed by atoms with Gasteiger partial charge >= 0.3 is 6.09 Å². The molecule has 0 aliphatic carbocycles. The van der Waals surface area contributed by atoms with Gasteiger partial charge in [-0.1, -0.05) is 36.4 Å². The number of hydrogen-bond donors (Lipinski definition) is 1. The van der Waals surface area contributed by atoms with Crippen molar-refractivity contribution in [2.45, 2.75) is 49.5 Å². The molecule has 3 rings (SSSR count). The second kappa shape index (κ2) is 11.7. The van der Waals surface area contributed by atoms with Crippen LogP contribution in [0.5, 0.6) is 0 Å². The third kappa shape index (κ3) is 7.92. The molecular formula is C27H31N3O3S. The van der Waals surface area contributed by atoms with Crippen LogP contribution in [0, 0.1) is 0 Å². The Kier molecular flexibility index (Phi) is 8.71. The summed E-state index contributed by atoms with van der Waals surface area (Å²) >= 11 is 1.73. The van der Waals surface area contributed by atoms with Crippen LogP contribution in [0.3, 0.4) is 0 Å². The van der Waals surface area contributed by atoms with Gasteiger partial charge in [-0.05, 0) is 62.2 Å². The van der Waals surface area contributed by atoms with Crippen molar-refractivity contribution in [2.24, 2.45) is 0 Å². The lowest BCUT2D eigenvalue weighted by Gasteiger charge is -2.30. The number of nitrogens with zero attached hydrogens (tertiary/aromatic N) is 2. The number of pyridine rings is 1. The van der Waals surface area contributed by atoms with E-state index in [1.165, 1.54) is 10.5 Å². The van der Waals surface area contributed by atoms with Crippen LogP contribution >= 0.6 is 11.8 Å². The molecular weight excluding hydrogens is 446 g/mol. The van der Waals surface area contributed by atoms with Crippen LogP contribution in [0.1, 0.15) is 31.9 Å². The minimum Gasteiger partial charge on any atom is -0.444 e. The zero-order valence-electron chi connectivity index (χ0n) is 20.0. The lowest BCUT2D eigenvalue weighted by atomic mass is 10.1. The van der Waals surface area contributed by atoms with E-state index in [1.54, 1.807) is 52.0 Å². The van der Waals surface area contributed by atoms with Gasteiger partial charge in [0.1, 0.15) is 11.6 Å². The number of carbonyl (C=O) groups excluding carboxylic acids is 2. The van der Waals surface area contributed by atoms with Gasteiger partial charge < -0.3 is 10.1 Å². The Bertz CT molecular complexity index is 1070. The number of benzene rings is 2. The highest BCUT2D eigenvalue weighted by Gasteiger charge is 2.30. The molecule has 2 aromatic carbocycles. The smallest absolute Gasteiger partial charge is 0.410 e. The number of thioether (sulfide) groups is 1. The SMILES string of the molecule is CN(C(=O)OC(C)(C)C)[C@@H](Cc1cccnc1)C(=O)Nc1ccc(SCc2ccccc2)cc1. The third-order valence-electron chi connectivity index (χ3n) is 4.97. The number of amides is 2. The molecule has 178 valence electrons. The van der Waals surface area contributed by atoms with Crippen LogP contribution in [0.2, 0.25) is 0 Å². The molecule has 0 radical (unpaired) electrons. The van der Waals surface area contributed by atoms with Crippen molar-refractivity contribution >= 4 is 29.4 Å². The number of nitrogens with one attached hydrogen (secondary N) is 1. The summed E-state index contributed by atoms with van der Waals surface area (Å²) in [4.78, 5) is 32.5. The molecule has 2 amide bonds. The predicted molar refractivity (Wildman–Crippen MR) is 137 cm³/mol. The van der Waals surface area contributed by atoms with E-state index in [0.29, 0.717) is 12.1 Å². The quantitative estimate of drug-likeness (QED) is 0.416. The summed E-state index contributed by atoms with van der Waals surface area (Å²) in [6.07, 6.45) is 3.14. The van der Waals surface area contributed by atoms with Crippen LogP contribution in [0.4, 0.5) is 10.5 Å². The summed E-state index contributed by atoms with van der Waals surface area (Å²) in [7, 11) is 1.58. The molecule has 1 heterocycles. The maximum absolute atomic E-state index is 13.2. The monoisotopic (exact) mass is 477 g/mol. The summed E-state index contributed by atoms with van der Waals surface area (Å²) in [5.74, 6) is 0.586. The van der Waals surface area contributed by atoms with Gasteiger partial charge in [0, 0.05) is 42.2 Å². The number of rotatable bonds is 8. The first-order chi connectivity index (χ1) is 16.2. The van der Waals surface area contributed by atoms with Gasteiger partial charge in [0.15, 0.2) is 0 Å². The predicted octanol–water partition coefficient (Wildman–Crippen LogP) is 5.79. The van der Waals surface area contributed by atoms with Crippen molar-refractivity contribution < 1.29 is 14.3 Å². The third-order valence-corrected chi connectivity index (χ3v) is 6.06. The van der Waals surface area contributed by atoms with E-state index in [1.807, 2.05) is 54.6 Å². The van der Waals surface area contributed by atoms with Gasteiger partial charge in [-0.15, -0.1) is 11.8 Å². The van der Waals surface area contributed by atoms with Gasteiger partial charge in [0.2, 0.25) is 5.91 Å². The molecule has 0 aliphatic heterocycles. The standard InChI is InChI=1S/C27H31N3O3S/c1-27(2,3)33-26(32)30(4)24(17-21-11-8-16-28-18-21)25(31)29-22-12-14-23(15-13-22)34-19-20-9-6-5-7-10-20/h5-16,18,24H,17,19H2,1-4H3,(H,29,31)/t24-/m0/s1. The number of anilines is 1. The van der Waals surface area contributed by atoms with Gasteiger partial charge in [-0.25, -0.2) is 4.79 Å². The largest absolute Gasteiger partial charge is 0.444 e. The molecule has 0 bridgehead atoms. The molecule has 7 heteroatoms. The zero-order valence-corrected chi connectivity index (χ0v) is 20.8. The van der Waals surface area contributed by atoms with E-state index in [0.717, 1.165) is 16.2 Å². The molecule has 1 atom stereocenters. The topological polar surface area (TPSA) is 71.5 Å². The highest BCUT2D eigenvalue weighted by Crippen LogP contribution is 2.24. The van der Waals surface area contributed by atoms with E-state index in [9.17, 15) is 9.59 Å². The maximum Gasteiger partial charge on any atom is 0.410 e. The molecule has 0 saturated carbocycles. The van der Waals surface area contributed by atoms with Crippen LogP contribution in [-0.4, -0.2) is 40.6 Å². The van der Waals surface area contributed by atoms with E-state index in [2.05, 4.69) is 22.4 Å².